The summed E-state index contributed by atoms with van der Waals surface area (Å²) in [5.41, 5.74) is 5.59. The fourth-order valence-electron chi connectivity index (χ4n) is 1.01. The van der Waals surface area contributed by atoms with Gasteiger partial charge in [-0.1, -0.05) is 0 Å². The Kier molecular flexibility index (Phi) is 2.40. The van der Waals surface area contributed by atoms with E-state index in [-0.39, 0.29) is 11.3 Å². The third kappa shape index (κ3) is 2.08. The summed E-state index contributed by atoms with van der Waals surface area (Å²) in [6, 6.07) is 3.95. The molecular weight excluding hydrogens is 176 g/mol. The maximum atomic E-state index is 12.8. The van der Waals surface area contributed by atoms with Crippen molar-refractivity contribution in [2.45, 2.75) is 12.8 Å². The van der Waals surface area contributed by atoms with Crippen LogP contribution in [0, 0.1) is 0 Å². The highest BCUT2D eigenvalue weighted by Gasteiger charge is 2.24. The Morgan fingerprint density at radius 3 is 2.38 bits per heavy atom. The average Bonchev–Trinajstić information content (AvgIpc) is 2.02. The predicted octanol–water partition coefficient (Wildman–Crippen LogP) is 2.39. The molecule has 0 amide bonds. The second-order valence-corrected chi connectivity index (χ2v) is 2.85. The van der Waals surface area contributed by atoms with Crippen molar-refractivity contribution >= 4 is 5.69 Å². The van der Waals surface area contributed by atoms with Gasteiger partial charge in [0.15, 0.2) is 0 Å². The monoisotopic (exact) mass is 187 g/mol. The van der Waals surface area contributed by atoms with Gasteiger partial charge in [-0.3, -0.25) is 0 Å². The van der Waals surface area contributed by atoms with Crippen molar-refractivity contribution in [3.63, 3.8) is 0 Å². The van der Waals surface area contributed by atoms with Gasteiger partial charge in [0.1, 0.15) is 5.75 Å². The van der Waals surface area contributed by atoms with Crippen LogP contribution in [0.2, 0.25) is 0 Å². The number of rotatable bonds is 2. The molecule has 0 saturated heterocycles. The van der Waals surface area contributed by atoms with E-state index in [1.165, 1.54) is 25.3 Å². The van der Waals surface area contributed by atoms with E-state index in [0.717, 1.165) is 6.92 Å². The second kappa shape index (κ2) is 3.20. The van der Waals surface area contributed by atoms with E-state index < -0.39 is 5.92 Å². The molecule has 0 bridgehead atoms. The molecule has 0 heterocycles. The summed E-state index contributed by atoms with van der Waals surface area (Å²) in [6.45, 7) is 0.828. The fraction of sp³-hybridized carbons (Fsp3) is 0.333. The SMILES string of the molecule is COc1ccc(C(C)(F)F)cc1N. The van der Waals surface area contributed by atoms with Gasteiger partial charge in [0.05, 0.1) is 12.8 Å². The molecule has 0 aliphatic heterocycles. The third-order valence-corrected chi connectivity index (χ3v) is 1.74. The maximum absolute atomic E-state index is 12.8. The van der Waals surface area contributed by atoms with Crippen LogP contribution in [-0.2, 0) is 5.92 Å². The van der Waals surface area contributed by atoms with E-state index in [1.807, 2.05) is 0 Å². The first-order valence-electron chi connectivity index (χ1n) is 3.77. The topological polar surface area (TPSA) is 35.2 Å². The van der Waals surface area contributed by atoms with Gasteiger partial charge in [-0.25, -0.2) is 8.78 Å². The maximum Gasteiger partial charge on any atom is 0.270 e. The highest BCUT2D eigenvalue weighted by Crippen LogP contribution is 2.31. The Bertz CT molecular complexity index is 307. The highest BCUT2D eigenvalue weighted by atomic mass is 19.3. The van der Waals surface area contributed by atoms with Gasteiger partial charge in [-0.05, 0) is 18.2 Å². The molecule has 13 heavy (non-hydrogen) atoms. The Hall–Kier alpha value is -1.32. The molecule has 2 N–H and O–H groups in total. The molecule has 1 aromatic rings. The van der Waals surface area contributed by atoms with Crippen LogP contribution in [0.5, 0.6) is 5.75 Å². The van der Waals surface area contributed by atoms with Crippen molar-refractivity contribution in [2.24, 2.45) is 0 Å². The van der Waals surface area contributed by atoms with E-state index in [9.17, 15) is 8.78 Å². The Balaban J connectivity index is 3.10. The summed E-state index contributed by atoms with van der Waals surface area (Å²) in [4.78, 5) is 0. The molecule has 0 aliphatic rings. The predicted molar refractivity (Wildman–Crippen MR) is 47.0 cm³/mol. The summed E-state index contributed by atoms with van der Waals surface area (Å²) in [7, 11) is 1.44. The third-order valence-electron chi connectivity index (χ3n) is 1.74. The van der Waals surface area contributed by atoms with Crippen molar-refractivity contribution in [2.75, 3.05) is 12.8 Å². The summed E-state index contributed by atoms with van der Waals surface area (Å²) < 4.78 is 30.4. The molecule has 0 spiro atoms. The van der Waals surface area contributed by atoms with Gasteiger partial charge >= 0.3 is 0 Å². The first-order chi connectivity index (χ1) is 5.95. The van der Waals surface area contributed by atoms with Gasteiger partial charge in [-0.15, -0.1) is 0 Å². The summed E-state index contributed by atoms with van der Waals surface area (Å²) in [6.07, 6.45) is 0. The number of nitrogens with two attached hydrogens (primary N) is 1. The molecule has 0 unspecified atom stereocenters. The zero-order valence-electron chi connectivity index (χ0n) is 7.47. The number of alkyl halides is 2. The lowest BCUT2D eigenvalue weighted by Crippen LogP contribution is -2.07. The molecule has 0 aliphatic carbocycles. The summed E-state index contributed by atoms with van der Waals surface area (Å²) in [5, 5.41) is 0. The van der Waals surface area contributed by atoms with Gasteiger partial charge in [0.25, 0.3) is 5.92 Å². The van der Waals surface area contributed by atoms with Crippen molar-refractivity contribution in [3.8, 4) is 5.75 Å². The van der Waals surface area contributed by atoms with Crippen LogP contribution in [-0.4, -0.2) is 7.11 Å². The molecule has 0 atom stereocenters. The van der Waals surface area contributed by atoms with Crippen molar-refractivity contribution < 1.29 is 13.5 Å². The molecule has 4 heteroatoms. The Labute approximate surface area is 75.3 Å². The van der Waals surface area contributed by atoms with Crippen LogP contribution in [0.3, 0.4) is 0 Å². The lowest BCUT2D eigenvalue weighted by molar-refractivity contribution is 0.0175. The largest absolute Gasteiger partial charge is 0.495 e. The van der Waals surface area contributed by atoms with Crippen molar-refractivity contribution in [1.82, 2.24) is 0 Å². The van der Waals surface area contributed by atoms with Gasteiger partial charge in [0.2, 0.25) is 0 Å². The minimum Gasteiger partial charge on any atom is -0.495 e. The number of halogens is 2. The Morgan fingerprint density at radius 1 is 1.38 bits per heavy atom. The molecule has 1 rings (SSSR count). The van der Waals surface area contributed by atoms with Crippen LogP contribution in [0.15, 0.2) is 18.2 Å². The van der Waals surface area contributed by atoms with Gasteiger partial charge in [-0.2, -0.15) is 0 Å². The quantitative estimate of drug-likeness (QED) is 0.721. The Morgan fingerprint density at radius 2 is 2.00 bits per heavy atom. The van der Waals surface area contributed by atoms with Gasteiger partial charge in [0, 0.05) is 12.5 Å². The van der Waals surface area contributed by atoms with Crippen LogP contribution < -0.4 is 10.5 Å². The van der Waals surface area contributed by atoms with Gasteiger partial charge < -0.3 is 10.5 Å². The normalized spacial score (nSPS) is 11.4. The standard InChI is InChI=1S/C9H11F2NO/c1-9(10,11)6-3-4-8(13-2)7(12)5-6/h3-5H,12H2,1-2H3. The molecular formula is C9H11F2NO. The van der Waals surface area contributed by atoms with Crippen molar-refractivity contribution in [3.05, 3.63) is 23.8 Å². The lowest BCUT2D eigenvalue weighted by atomic mass is 10.1. The summed E-state index contributed by atoms with van der Waals surface area (Å²) >= 11 is 0. The molecule has 72 valence electrons. The van der Waals surface area contributed by atoms with Crippen molar-refractivity contribution in [1.29, 1.82) is 0 Å². The molecule has 2 nitrogen and oxygen atoms in total. The smallest absolute Gasteiger partial charge is 0.270 e. The van der Waals surface area contributed by atoms with Crippen LogP contribution in [0.4, 0.5) is 14.5 Å². The number of benzene rings is 1. The summed E-state index contributed by atoms with van der Waals surface area (Å²) in [5.74, 6) is -2.45. The van der Waals surface area contributed by atoms with E-state index in [0.29, 0.717) is 5.75 Å². The van der Waals surface area contributed by atoms with Crippen LogP contribution in [0.1, 0.15) is 12.5 Å². The number of hydrogen-bond donors (Lipinski definition) is 1. The van der Waals surface area contributed by atoms with Crippen LogP contribution >= 0.6 is 0 Å². The van der Waals surface area contributed by atoms with E-state index in [4.69, 9.17) is 10.5 Å². The molecule has 0 fully saturated rings. The average molecular weight is 187 g/mol. The highest BCUT2D eigenvalue weighted by molar-refractivity contribution is 5.54. The zero-order valence-corrected chi connectivity index (χ0v) is 7.47. The fourth-order valence-corrected chi connectivity index (χ4v) is 1.01. The van der Waals surface area contributed by atoms with E-state index in [1.54, 1.807) is 0 Å². The number of hydrogen-bond acceptors (Lipinski definition) is 2. The minimum absolute atomic E-state index is 0.106. The number of methoxy groups -OCH3 is 1. The zero-order chi connectivity index (χ0) is 10.1. The van der Waals surface area contributed by atoms with Crippen LogP contribution in [0.25, 0.3) is 0 Å². The number of anilines is 1. The minimum atomic E-state index is -2.86. The lowest BCUT2D eigenvalue weighted by Gasteiger charge is -2.12. The molecule has 0 radical (unpaired) electrons. The van der Waals surface area contributed by atoms with E-state index >= 15 is 0 Å². The number of ether oxygens (including phenoxy) is 1. The van der Waals surface area contributed by atoms with E-state index in [2.05, 4.69) is 0 Å². The molecule has 0 saturated carbocycles. The second-order valence-electron chi connectivity index (χ2n) is 2.85. The molecule has 0 aromatic heterocycles. The first-order valence-corrected chi connectivity index (χ1v) is 3.77. The first kappa shape index (κ1) is 9.77. The number of nitrogen functional groups attached to an aromatic ring is 1. The molecule has 1 aromatic carbocycles.